The second-order valence-electron chi connectivity index (χ2n) is 6.22. The normalized spacial score (nSPS) is 15.8. The Bertz CT molecular complexity index is 980. The van der Waals surface area contributed by atoms with Gasteiger partial charge < -0.3 is 24.1 Å². The predicted octanol–water partition coefficient (Wildman–Crippen LogP) is 3.44. The first-order valence-corrected chi connectivity index (χ1v) is 10.7. The molecule has 0 radical (unpaired) electrons. The molecule has 1 aliphatic rings. The minimum absolute atomic E-state index is 0.0853. The number of carbonyl (C=O) groups is 3. The number of aliphatic hydroxyl groups is 1. The van der Waals surface area contributed by atoms with Crippen LogP contribution in [-0.4, -0.2) is 54.9 Å². The zero-order chi connectivity index (χ0) is 23.7. The molecule has 1 amide bonds. The van der Waals surface area contributed by atoms with Crippen molar-refractivity contribution in [3.8, 4) is 11.5 Å². The van der Waals surface area contributed by atoms with E-state index in [4.69, 9.17) is 14.2 Å². The van der Waals surface area contributed by atoms with Crippen LogP contribution in [0.1, 0.15) is 32.8 Å². The van der Waals surface area contributed by atoms with E-state index >= 15 is 0 Å². The standard InChI is InChI=1S/C22H25NO8S/c1-5-17(24)23-21-19(22(27)30-7-3)20(26)16(32-21)11-13-8-9-14(15(10-13)29-6-2)31-12-18(25)28-4/h8-11,26H,5-7,12H2,1-4H3/b16-11-,23-21?. The number of amides is 1. The van der Waals surface area contributed by atoms with Crippen molar-refractivity contribution in [1.29, 1.82) is 0 Å². The van der Waals surface area contributed by atoms with Gasteiger partial charge in [0.15, 0.2) is 18.1 Å². The number of thioether (sulfide) groups is 1. The zero-order valence-electron chi connectivity index (χ0n) is 18.3. The van der Waals surface area contributed by atoms with Gasteiger partial charge in [-0.05, 0) is 37.6 Å². The number of carbonyl (C=O) groups excluding carboxylic acids is 3. The third-order valence-corrected chi connectivity index (χ3v) is 5.06. The van der Waals surface area contributed by atoms with Gasteiger partial charge in [-0.1, -0.05) is 24.8 Å². The quantitative estimate of drug-likeness (QED) is 0.549. The highest BCUT2D eigenvalue weighted by molar-refractivity contribution is 8.18. The van der Waals surface area contributed by atoms with E-state index < -0.39 is 17.8 Å². The molecule has 1 aromatic carbocycles. The summed E-state index contributed by atoms with van der Waals surface area (Å²) in [6.45, 7) is 5.29. The van der Waals surface area contributed by atoms with Crippen LogP contribution in [0.3, 0.4) is 0 Å². The van der Waals surface area contributed by atoms with Crippen molar-refractivity contribution < 1.29 is 38.4 Å². The Morgan fingerprint density at radius 3 is 2.47 bits per heavy atom. The van der Waals surface area contributed by atoms with Crippen molar-refractivity contribution in [3.05, 3.63) is 40.0 Å². The number of hydrogen-bond acceptors (Lipinski definition) is 9. The number of esters is 2. The van der Waals surface area contributed by atoms with Gasteiger partial charge in [0.05, 0.1) is 25.2 Å². The van der Waals surface area contributed by atoms with Gasteiger partial charge in [-0.25, -0.2) is 14.6 Å². The van der Waals surface area contributed by atoms with E-state index in [0.29, 0.717) is 28.6 Å². The Morgan fingerprint density at radius 1 is 1.09 bits per heavy atom. The Morgan fingerprint density at radius 2 is 1.84 bits per heavy atom. The molecule has 1 aliphatic heterocycles. The molecular formula is C22H25NO8S. The molecule has 1 heterocycles. The van der Waals surface area contributed by atoms with Crippen molar-refractivity contribution in [2.24, 2.45) is 4.99 Å². The van der Waals surface area contributed by atoms with Crippen LogP contribution in [0.2, 0.25) is 0 Å². The molecule has 9 nitrogen and oxygen atoms in total. The summed E-state index contributed by atoms with van der Waals surface area (Å²) in [7, 11) is 1.26. The van der Waals surface area contributed by atoms with E-state index in [1.54, 1.807) is 45.0 Å². The molecule has 0 unspecified atom stereocenters. The summed E-state index contributed by atoms with van der Waals surface area (Å²) in [6, 6.07) is 4.96. The van der Waals surface area contributed by atoms with E-state index in [1.165, 1.54) is 7.11 Å². The third-order valence-electron chi connectivity index (χ3n) is 4.04. The van der Waals surface area contributed by atoms with Gasteiger partial charge in [0.2, 0.25) is 5.91 Å². The summed E-state index contributed by atoms with van der Waals surface area (Å²) in [4.78, 5) is 39.7. The minimum atomic E-state index is -0.759. The minimum Gasteiger partial charge on any atom is -0.506 e. The Kier molecular flexibility index (Phi) is 9.33. The van der Waals surface area contributed by atoms with Crippen molar-refractivity contribution >= 4 is 40.7 Å². The molecule has 0 spiro atoms. The molecule has 0 fully saturated rings. The number of hydrogen-bond donors (Lipinski definition) is 1. The molecule has 0 saturated carbocycles. The topological polar surface area (TPSA) is 121 Å². The lowest BCUT2D eigenvalue weighted by Gasteiger charge is -2.12. The maximum Gasteiger partial charge on any atom is 0.344 e. The van der Waals surface area contributed by atoms with Crippen LogP contribution in [0.4, 0.5) is 0 Å². The average Bonchev–Trinajstić information content (AvgIpc) is 3.07. The van der Waals surface area contributed by atoms with Crippen LogP contribution < -0.4 is 9.47 Å². The summed E-state index contributed by atoms with van der Waals surface area (Å²) in [5.41, 5.74) is 0.479. The third kappa shape index (κ3) is 6.36. The fourth-order valence-corrected chi connectivity index (χ4v) is 3.56. The summed E-state index contributed by atoms with van der Waals surface area (Å²) in [5.74, 6) is -1.30. The zero-order valence-corrected chi connectivity index (χ0v) is 19.1. The molecule has 32 heavy (non-hydrogen) atoms. The van der Waals surface area contributed by atoms with Crippen molar-refractivity contribution in [1.82, 2.24) is 0 Å². The van der Waals surface area contributed by atoms with E-state index in [9.17, 15) is 19.5 Å². The number of benzene rings is 1. The number of aliphatic hydroxyl groups excluding tert-OH is 1. The molecule has 0 aliphatic carbocycles. The van der Waals surface area contributed by atoms with Gasteiger partial charge in [-0.2, -0.15) is 0 Å². The summed E-state index contributed by atoms with van der Waals surface area (Å²) in [6.07, 6.45) is 1.77. The number of nitrogens with zero attached hydrogens (tertiary/aromatic N) is 1. The fourth-order valence-electron chi connectivity index (χ4n) is 2.53. The molecule has 1 aromatic rings. The lowest BCUT2D eigenvalue weighted by molar-refractivity contribution is -0.143. The molecule has 0 bridgehead atoms. The Hall–Kier alpha value is -3.27. The highest BCUT2D eigenvalue weighted by atomic mass is 32.2. The average molecular weight is 464 g/mol. The molecule has 0 aromatic heterocycles. The van der Waals surface area contributed by atoms with Gasteiger partial charge in [0.25, 0.3) is 0 Å². The first-order valence-electron chi connectivity index (χ1n) is 9.93. The first kappa shape index (κ1) is 25.0. The molecular weight excluding hydrogens is 438 g/mol. The highest BCUT2D eigenvalue weighted by Gasteiger charge is 2.33. The summed E-state index contributed by atoms with van der Waals surface area (Å²) in [5, 5.41) is 10.7. The van der Waals surface area contributed by atoms with Gasteiger partial charge in [-0.3, -0.25) is 4.79 Å². The smallest absolute Gasteiger partial charge is 0.344 e. The largest absolute Gasteiger partial charge is 0.506 e. The Balaban J connectivity index is 2.41. The monoisotopic (exact) mass is 463 g/mol. The van der Waals surface area contributed by atoms with Gasteiger partial charge >= 0.3 is 11.9 Å². The second-order valence-corrected chi connectivity index (χ2v) is 7.25. The van der Waals surface area contributed by atoms with Crippen molar-refractivity contribution in [2.75, 3.05) is 26.9 Å². The number of rotatable bonds is 9. The van der Waals surface area contributed by atoms with E-state index in [2.05, 4.69) is 9.73 Å². The lowest BCUT2D eigenvalue weighted by atomic mass is 10.1. The molecule has 0 atom stereocenters. The second kappa shape index (κ2) is 11.9. The first-order chi connectivity index (χ1) is 15.3. The van der Waals surface area contributed by atoms with Gasteiger partial charge in [0.1, 0.15) is 16.4 Å². The van der Waals surface area contributed by atoms with Crippen molar-refractivity contribution in [3.63, 3.8) is 0 Å². The lowest BCUT2D eigenvalue weighted by Crippen LogP contribution is -2.14. The van der Waals surface area contributed by atoms with E-state index in [-0.39, 0.29) is 36.0 Å². The molecule has 172 valence electrons. The maximum atomic E-state index is 12.3. The fraction of sp³-hybridized carbons (Fsp3) is 0.364. The van der Waals surface area contributed by atoms with Crippen LogP contribution in [0, 0.1) is 0 Å². The predicted molar refractivity (Wildman–Crippen MR) is 120 cm³/mol. The van der Waals surface area contributed by atoms with Crippen LogP contribution in [0.25, 0.3) is 6.08 Å². The van der Waals surface area contributed by atoms with Crippen LogP contribution >= 0.6 is 11.8 Å². The molecule has 1 N–H and O–H groups in total. The van der Waals surface area contributed by atoms with Crippen molar-refractivity contribution in [2.45, 2.75) is 27.2 Å². The highest BCUT2D eigenvalue weighted by Crippen LogP contribution is 2.40. The van der Waals surface area contributed by atoms with Crippen LogP contribution in [0.5, 0.6) is 11.5 Å². The van der Waals surface area contributed by atoms with Crippen LogP contribution in [-0.2, 0) is 23.9 Å². The SMILES string of the molecule is CCOC(=O)C1=C(O)/C(=C/c2ccc(OCC(=O)OC)c(OCC)c2)SC1=NC(=O)CC. The summed E-state index contributed by atoms with van der Waals surface area (Å²) >= 11 is 0.992. The van der Waals surface area contributed by atoms with Crippen LogP contribution in [0.15, 0.2) is 39.4 Å². The van der Waals surface area contributed by atoms with Gasteiger partial charge in [-0.15, -0.1) is 0 Å². The van der Waals surface area contributed by atoms with E-state index in [1.807, 2.05) is 0 Å². The van der Waals surface area contributed by atoms with E-state index in [0.717, 1.165) is 11.8 Å². The maximum absolute atomic E-state index is 12.3. The molecule has 10 heteroatoms. The molecule has 0 saturated heterocycles. The Labute approximate surface area is 190 Å². The summed E-state index contributed by atoms with van der Waals surface area (Å²) < 4.78 is 20.6. The number of aliphatic imine (C=N–C) groups is 1. The van der Waals surface area contributed by atoms with Gasteiger partial charge in [0, 0.05) is 6.42 Å². The number of ether oxygens (including phenoxy) is 4. The molecule has 2 rings (SSSR count). The number of methoxy groups -OCH3 is 1.